The van der Waals surface area contributed by atoms with E-state index in [4.69, 9.17) is 0 Å². The zero-order valence-corrected chi connectivity index (χ0v) is 11.5. The number of thiazole rings is 1. The molecule has 0 N–H and O–H groups in total. The van der Waals surface area contributed by atoms with Gasteiger partial charge in [-0.2, -0.15) is 0 Å². The zero-order valence-electron chi connectivity index (χ0n) is 10.7. The van der Waals surface area contributed by atoms with Crippen LogP contribution in [0.1, 0.15) is 5.69 Å². The maximum absolute atomic E-state index is 12.5. The Morgan fingerprint density at radius 3 is 2.80 bits per heavy atom. The zero-order chi connectivity index (χ0) is 13.7. The Labute approximate surface area is 117 Å². The van der Waals surface area contributed by atoms with Gasteiger partial charge in [-0.25, -0.2) is 18.9 Å². The second-order valence-electron chi connectivity index (χ2n) is 4.60. The number of benzene rings is 1. The van der Waals surface area contributed by atoms with E-state index < -0.39 is 0 Å². The third-order valence-corrected chi connectivity index (χ3v) is 4.04. The van der Waals surface area contributed by atoms with Crippen molar-refractivity contribution in [2.24, 2.45) is 7.05 Å². The van der Waals surface area contributed by atoms with Crippen molar-refractivity contribution in [3.8, 4) is 0 Å². The van der Waals surface area contributed by atoms with Gasteiger partial charge in [0.05, 0.1) is 28.8 Å². The van der Waals surface area contributed by atoms with Crippen molar-refractivity contribution in [3.05, 3.63) is 51.3 Å². The van der Waals surface area contributed by atoms with Gasteiger partial charge in [0.25, 0.3) is 0 Å². The highest BCUT2D eigenvalue weighted by molar-refractivity contribution is 7.07. The predicted molar refractivity (Wildman–Crippen MR) is 77.1 cm³/mol. The van der Waals surface area contributed by atoms with E-state index in [-0.39, 0.29) is 5.69 Å². The molecule has 6 nitrogen and oxygen atoms in total. The smallest absolute Gasteiger partial charge is 0.311 e. The lowest BCUT2D eigenvalue weighted by Crippen LogP contribution is -2.21. The highest BCUT2D eigenvalue weighted by Gasteiger charge is 2.15. The Morgan fingerprint density at radius 2 is 2.05 bits per heavy atom. The quantitative estimate of drug-likeness (QED) is 0.561. The lowest BCUT2D eigenvalue weighted by atomic mass is 10.3. The average Bonchev–Trinajstić information content (AvgIpc) is 3.13. The number of aromatic nitrogens is 5. The van der Waals surface area contributed by atoms with Crippen LogP contribution in [0.15, 0.2) is 40.0 Å². The molecule has 4 rings (SSSR count). The van der Waals surface area contributed by atoms with E-state index in [1.165, 1.54) is 16.0 Å². The van der Waals surface area contributed by atoms with E-state index in [1.54, 1.807) is 9.91 Å². The molecule has 20 heavy (non-hydrogen) atoms. The van der Waals surface area contributed by atoms with Gasteiger partial charge in [-0.3, -0.25) is 0 Å². The summed E-state index contributed by atoms with van der Waals surface area (Å²) in [6.07, 6.45) is 0. The van der Waals surface area contributed by atoms with Crippen LogP contribution in [0.25, 0.3) is 16.8 Å². The summed E-state index contributed by atoms with van der Waals surface area (Å²) in [6, 6.07) is 7.79. The standard InChI is InChI=1S/C13H11N5OS/c1-16-10-4-2-3-5-11(10)18-12(16)15-17(13(18)19)6-9-7-20-8-14-9/h2-5,7-8H,6H2,1H3. The molecule has 0 saturated carbocycles. The van der Waals surface area contributed by atoms with Crippen molar-refractivity contribution in [1.82, 2.24) is 23.7 Å². The normalized spacial score (nSPS) is 11.7. The molecule has 0 spiro atoms. The van der Waals surface area contributed by atoms with E-state index in [2.05, 4.69) is 10.1 Å². The number of rotatable bonds is 2. The Bertz CT molecular complexity index is 960. The molecule has 0 amide bonds. The minimum Gasteiger partial charge on any atom is -0.311 e. The van der Waals surface area contributed by atoms with Crippen LogP contribution in [-0.2, 0) is 13.6 Å². The molecule has 7 heteroatoms. The number of imidazole rings is 1. The topological polar surface area (TPSA) is 57.1 Å². The molecule has 0 unspecified atom stereocenters. The summed E-state index contributed by atoms with van der Waals surface area (Å²) in [5, 5.41) is 6.34. The Hall–Kier alpha value is -2.41. The summed E-state index contributed by atoms with van der Waals surface area (Å²) in [5.74, 6) is 0.645. The summed E-state index contributed by atoms with van der Waals surface area (Å²) >= 11 is 1.51. The first kappa shape index (κ1) is 11.4. The molecule has 100 valence electrons. The predicted octanol–water partition coefficient (Wildman–Crippen LogP) is 1.49. The molecule has 0 atom stereocenters. The third kappa shape index (κ3) is 1.47. The molecular formula is C13H11N5OS. The first-order valence-corrected chi connectivity index (χ1v) is 7.10. The third-order valence-electron chi connectivity index (χ3n) is 3.40. The van der Waals surface area contributed by atoms with Crippen molar-refractivity contribution in [2.45, 2.75) is 6.54 Å². The van der Waals surface area contributed by atoms with Gasteiger partial charge in [-0.15, -0.1) is 16.4 Å². The summed E-state index contributed by atoms with van der Waals surface area (Å²) in [7, 11) is 1.91. The summed E-state index contributed by atoms with van der Waals surface area (Å²) in [4.78, 5) is 16.7. The van der Waals surface area contributed by atoms with Gasteiger partial charge in [0, 0.05) is 12.4 Å². The van der Waals surface area contributed by atoms with Gasteiger partial charge < -0.3 is 4.57 Å². The van der Waals surface area contributed by atoms with Gasteiger partial charge in [-0.05, 0) is 12.1 Å². The van der Waals surface area contributed by atoms with Gasteiger partial charge in [-0.1, -0.05) is 12.1 Å². The van der Waals surface area contributed by atoms with Crippen molar-refractivity contribution in [2.75, 3.05) is 0 Å². The molecule has 0 bridgehead atoms. The fourth-order valence-electron chi connectivity index (χ4n) is 2.44. The Balaban J connectivity index is 2.00. The molecule has 3 heterocycles. The van der Waals surface area contributed by atoms with E-state index in [9.17, 15) is 4.79 Å². The van der Waals surface area contributed by atoms with Crippen LogP contribution in [0.5, 0.6) is 0 Å². The van der Waals surface area contributed by atoms with Crippen molar-refractivity contribution < 1.29 is 0 Å². The molecule has 1 aromatic carbocycles. The van der Waals surface area contributed by atoms with E-state index in [0.717, 1.165) is 16.7 Å². The van der Waals surface area contributed by atoms with Gasteiger partial charge in [0.2, 0.25) is 5.78 Å². The van der Waals surface area contributed by atoms with Gasteiger partial charge >= 0.3 is 5.69 Å². The monoisotopic (exact) mass is 285 g/mol. The maximum Gasteiger partial charge on any atom is 0.352 e. The molecule has 0 aliphatic carbocycles. The average molecular weight is 285 g/mol. The number of hydrogen-bond donors (Lipinski definition) is 0. The molecule has 0 aliphatic heterocycles. The van der Waals surface area contributed by atoms with Crippen LogP contribution in [0.4, 0.5) is 0 Å². The summed E-state index contributed by atoms with van der Waals surface area (Å²) in [5.41, 5.74) is 4.34. The van der Waals surface area contributed by atoms with Gasteiger partial charge in [0.1, 0.15) is 0 Å². The van der Waals surface area contributed by atoms with Crippen LogP contribution in [0.3, 0.4) is 0 Å². The molecule has 4 aromatic rings. The first-order valence-electron chi connectivity index (χ1n) is 6.16. The van der Waals surface area contributed by atoms with Crippen LogP contribution >= 0.6 is 11.3 Å². The van der Waals surface area contributed by atoms with Crippen LogP contribution in [-0.4, -0.2) is 23.7 Å². The minimum absolute atomic E-state index is 0.134. The number of para-hydroxylation sites is 2. The fraction of sp³-hybridized carbons (Fsp3) is 0.154. The number of aryl methyl sites for hydroxylation is 1. The summed E-state index contributed by atoms with van der Waals surface area (Å²) in [6.45, 7) is 0.401. The number of hydrogen-bond acceptors (Lipinski definition) is 4. The molecule has 0 saturated heterocycles. The number of fused-ring (bicyclic) bond motifs is 3. The lowest BCUT2D eigenvalue weighted by molar-refractivity contribution is 0.647. The molecule has 0 radical (unpaired) electrons. The Kier molecular flexibility index (Phi) is 2.31. The minimum atomic E-state index is -0.134. The van der Waals surface area contributed by atoms with E-state index >= 15 is 0 Å². The Morgan fingerprint density at radius 1 is 1.25 bits per heavy atom. The summed E-state index contributed by atoms with van der Waals surface area (Å²) < 4.78 is 5.02. The molecular weight excluding hydrogens is 274 g/mol. The van der Waals surface area contributed by atoms with Crippen LogP contribution in [0, 0.1) is 0 Å². The second-order valence-corrected chi connectivity index (χ2v) is 5.32. The molecule has 3 aromatic heterocycles. The lowest BCUT2D eigenvalue weighted by Gasteiger charge is -1.97. The highest BCUT2D eigenvalue weighted by atomic mass is 32.1. The van der Waals surface area contributed by atoms with Crippen molar-refractivity contribution in [1.29, 1.82) is 0 Å². The van der Waals surface area contributed by atoms with E-state index in [0.29, 0.717) is 12.3 Å². The van der Waals surface area contributed by atoms with Crippen molar-refractivity contribution >= 4 is 28.1 Å². The van der Waals surface area contributed by atoms with E-state index in [1.807, 2.05) is 41.3 Å². The molecule has 0 fully saturated rings. The van der Waals surface area contributed by atoms with Crippen LogP contribution < -0.4 is 5.69 Å². The number of nitrogens with zero attached hydrogens (tertiary/aromatic N) is 5. The largest absolute Gasteiger partial charge is 0.352 e. The maximum atomic E-state index is 12.5. The van der Waals surface area contributed by atoms with Crippen molar-refractivity contribution in [3.63, 3.8) is 0 Å². The van der Waals surface area contributed by atoms with Crippen LogP contribution in [0.2, 0.25) is 0 Å². The highest BCUT2D eigenvalue weighted by Crippen LogP contribution is 2.16. The SMILES string of the molecule is Cn1c2ccccc2n2c(=O)n(Cc3cscn3)nc12. The molecule has 0 aliphatic rings. The first-order chi connectivity index (χ1) is 9.75. The fourth-order valence-corrected chi connectivity index (χ4v) is 2.99. The second kappa shape index (κ2) is 4.04. The van der Waals surface area contributed by atoms with Gasteiger partial charge in [0.15, 0.2) is 0 Å².